The lowest BCUT2D eigenvalue weighted by atomic mass is 10.3. The molecule has 1 atom stereocenters. The van der Waals surface area contributed by atoms with E-state index in [-0.39, 0.29) is 19.3 Å². The Morgan fingerprint density at radius 1 is 1.36 bits per heavy atom. The maximum atomic E-state index is 8.70. The average molecular weight is 197 g/mol. The van der Waals surface area contributed by atoms with Crippen molar-refractivity contribution in [1.82, 2.24) is 0 Å². The Balaban J connectivity index is 2.57. The maximum Gasteiger partial charge on any atom is 0.161 e. The Morgan fingerprint density at radius 2 is 2.00 bits per heavy atom. The minimum absolute atomic E-state index is 0.0881. The number of nitrogens with two attached hydrogens (primary N) is 1. The summed E-state index contributed by atoms with van der Waals surface area (Å²) in [5, 5.41) is 8.70. The largest absolute Gasteiger partial charge is 0.493 e. The van der Waals surface area contributed by atoms with Crippen LogP contribution >= 0.6 is 0 Å². The summed E-state index contributed by atoms with van der Waals surface area (Å²) in [5.74, 6) is 1.30. The Kier molecular flexibility index (Phi) is 4.22. The van der Waals surface area contributed by atoms with E-state index >= 15 is 0 Å². The number of ether oxygens (including phenoxy) is 2. The third-order valence-corrected chi connectivity index (χ3v) is 1.76. The van der Waals surface area contributed by atoms with Crippen LogP contribution in [0.4, 0.5) is 0 Å². The molecule has 0 saturated heterocycles. The van der Waals surface area contributed by atoms with Gasteiger partial charge in [0.15, 0.2) is 11.5 Å². The summed E-state index contributed by atoms with van der Waals surface area (Å²) in [6.45, 7) is 0.187. The van der Waals surface area contributed by atoms with Gasteiger partial charge in [-0.3, -0.25) is 0 Å². The molecule has 0 saturated carbocycles. The van der Waals surface area contributed by atoms with Crippen LogP contribution in [0.1, 0.15) is 0 Å². The first-order valence-corrected chi connectivity index (χ1v) is 4.40. The van der Waals surface area contributed by atoms with Crippen molar-refractivity contribution in [1.29, 1.82) is 0 Å². The third kappa shape index (κ3) is 2.90. The first kappa shape index (κ1) is 10.8. The van der Waals surface area contributed by atoms with Crippen molar-refractivity contribution >= 4 is 0 Å². The van der Waals surface area contributed by atoms with Crippen molar-refractivity contribution in [2.45, 2.75) is 6.04 Å². The van der Waals surface area contributed by atoms with Crippen LogP contribution in [0.15, 0.2) is 24.3 Å². The van der Waals surface area contributed by atoms with Crippen LogP contribution in [0, 0.1) is 0 Å². The zero-order valence-electron chi connectivity index (χ0n) is 8.14. The van der Waals surface area contributed by atoms with Gasteiger partial charge in [-0.15, -0.1) is 0 Å². The fourth-order valence-corrected chi connectivity index (χ4v) is 0.988. The summed E-state index contributed by atoms with van der Waals surface area (Å²) in [6.07, 6.45) is 0. The van der Waals surface area contributed by atoms with E-state index in [0.717, 1.165) is 0 Å². The van der Waals surface area contributed by atoms with Crippen LogP contribution in [0.2, 0.25) is 0 Å². The highest BCUT2D eigenvalue weighted by molar-refractivity contribution is 5.39. The first-order valence-electron chi connectivity index (χ1n) is 4.40. The summed E-state index contributed by atoms with van der Waals surface area (Å²) in [6, 6.07) is 6.95. The second-order valence-corrected chi connectivity index (χ2v) is 2.90. The van der Waals surface area contributed by atoms with E-state index in [0.29, 0.717) is 11.5 Å². The number of rotatable bonds is 5. The van der Waals surface area contributed by atoms with Crippen LogP contribution in [0.3, 0.4) is 0 Å². The van der Waals surface area contributed by atoms with E-state index < -0.39 is 0 Å². The summed E-state index contributed by atoms with van der Waals surface area (Å²) in [5.41, 5.74) is 5.50. The van der Waals surface area contributed by atoms with E-state index in [4.69, 9.17) is 20.3 Å². The van der Waals surface area contributed by atoms with Crippen molar-refractivity contribution in [3.05, 3.63) is 24.3 Å². The minimum atomic E-state index is -0.361. The molecule has 0 heterocycles. The molecule has 1 aromatic carbocycles. The highest BCUT2D eigenvalue weighted by Crippen LogP contribution is 2.25. The van der Waals surface area contributed by atoms with Crippen LogP contribution in [0.5, 0.6) is 11.5 Å². The molecule has 0 amide bonds. The fourth-order valence-electron chi connectivity index (χ4n) is 0.988. The monoisotopic (exact) mass is 197 g/mol. The molecule has 0 aliphatic heterocycles. The zero-order valence-corrected chi connectivity index (χ0v) is 8.14. The van der Waals surface area contributed by atoms with Gasteiger partial charge in [-0.05, 0) is 12.1 Å². The van der Waals surface area contributed by atoms with Gasteiger partial charge in [-0.2, -0.15) is 0 Å². The topological polar surface area (TPSA) is 64.7 Å². The number of benzene rings is 1. The number of hydrogen-bond donors (Lipinski definition) is 2. The van der Waals surface area contributed by atoms with Crippen LogP contribution in [-0.4, -0.2) is 31.5 Å². The fraction of sp³-hybridized carbons (Fsp3) is 0.400. The van der Waals surface area contributed by atoms with Gasteiger partial charge in [0.2, 0.25) is 0 Å². The van der Waals surface area contributed by atoms with Gasteiger partial charge in [0.25, 0.3) is 0 Å². The lowest BCUT2D eigenvalue weighted by Crippen LogP contribution is -2.31. The Hall–Kier alpha value is -1.26. The molecule has 1 aromatic rings. The van der Waals surface area contributed by atoms with E-state index in [1.807, 2.05) is 12.1 Å². The van der Waals surface area contributed by atoms with Gasteiger partial charge in [-0.25, -0.2) is 0 Å². The highest BCUT2D eigenvalue weighted by Gasteiger charge is 2.05. The van der Waals surface area contributed by atoms with E-state index in [2.05, 4.69) is 0 Å². The highest BCUT2D eigenvalue weighted by atomic mass is 16.5. The molecule has 1 unspecified atom stereocenters. The molecule has 0 aliphatic rings. The molecule has 1 rings (SSSR count). The molecular formula is C10H15NO3. The Labute approximate surface area is 83.3 Å². The lowest BCUT2D eigenvalue weighted by Gasteiger charge is -2.12. The van der Waals surface area contributed by atoms with Gasteiger partial charge < -0.3 is 20.3 Å². The Bertz CT molecular complexity index is 278. The second kappa shape index (κ2) is 5.47. The van der Waals surface area contributed by atoms with Gasteiger partial charge in [0.05, 0.1) is 19.8 Å². The number of aliphatic hydroxyl groups excluding tert-OH is 1. The minimum Gasteiger partial charge on any atom is -0.493 e. The molecule has 0 spiro atoms. The molecular weight excluding hydrogens is 182 g/mol. The van der Waals surface area contributed by atoms with Crippen molar-refractivity contribution in [3.8, 4) is 11.5 Å². The molecule has 0 aromatic heterocycles. The Morgan fingerprint density at radius 3 is 2.57 bits per heavy atom. The summed E-state index contributed by atoms with van der Waals surface area (Å²) in [4.78, 5) is 0. The first-order chi connectivity index (χ1) is 6.77. The van der Waals surface area contributed by atoms with Gasteiger partial charge in [0, 0.05) is 0 Å². The number of hydrogen-bond acceptors (Lipinski definition) is 4. The molecule has 4 nitrogen and oxygen atoms in total. The van der Waals surface area contributed by atoms with Gasteiger partial charge in [-0.1, -0.05) is 12.1 Å². The van der Waals surface area contributed by atoms with E-state index in [1.54, 1.807) is 19.2 Å². The number of aliphatic hydroxyl groups is 1. The predicted molar refractivity (Wildman–Crippen MR) is 53.6 cm³/mol. The molecule has 4 heteroatoms. The van der Waals surface area contributed by atoms with E-state index in [1.165, 1.54) is 0 Å². The smallest absolute Gasteiger partial charge is 0.161 e. The number of methoxy groups -OCH3 is 1. The quantitative estimate of drug-likeness (QED) is 0.716. The number of para-hydroxylation sites is 2. The summed E-state index contributed by atoms with van der Waals surface area (Å²) >= 11 is 0. The molecule has 0 radical (unpaired) electrons. The van der Waals surface area contributed by atoms with Crippen molar-refractivity contribution in [3.63, 3.8) is 0 Å². The average Bonchev–Trinajstić information content (AvgIpc) is 2.26. The van der Waals surface area contributed by atoms with Gasteiger partial charge >= 0.3 is 0 Å². The van der Waals surface area contributed by atoms with Crippen LogP contribution in [0.25, 0.3) is 0 Å². The maximum absolute atomic E-state index is 8.70. The summed E-state index contributed by atoms with van der Waals surface area (Å²) < 4.78 is 10.5. The molecule has 78 valence electrons. The zero-order chi connectivity index (χ0) is 10.4. The van der Waals surface area contributed by atoms with Crippen molar-refractivity contribution in [2.24, 2.45) is 5.73 Å². The second-order valence-electron chi connectivity index (χ2n) is 2.90. The predicted octanol–water partition coefficient (Wildman–Crippen LogP) is 0.394. The van der Waals surface area contributed by atoms with E-state index in [9.17, 15) is 0 Å². The molecule has 0 bridgehead atoms. The molecule has 0 aliphatic carbocycles. The lowest BCUT2D eigenvalue weighted by molar-refractivity contribution is 0.202. The van der Waals surface area contributed by atoms with Gasteiger partial charge in [0.1, 0.15) is 6.61 Å². The van der Waals surface area contributed by atoms with Crippen LogP contribution in [-0.2, 0) is 0 Å². The third-order valence-electron chi connectivity index (χ3n) is 1.76. The SMILES string of the molecule is COc1ccccc1OCC(N)CO. The molecule has 3 N–H and O–H groups in total. The standard InChI is InChI=1S/C10H15NO3/c1-13-9-4-2-3-5-10(9)14-7-8(11)6-12/h2-5,8,12H,6-7,11H2,1H3. The molecule has 14 heavy (non-hydrogen) atoms. The van der Waals surface area contributed by atoms with Crippen LogP contribution < -0.4 is 15.2 Å². The summed E-state index contributed by atoms with van der Waals surface area (Å²) in [7, 11) is 1.58. The molecule has 0 fully saturated rings. The normalized spacial score (nSPS) is 12.2. The van der Waals surface area contributed by atoms with Crippen molar-refractivity contribution < 1.29 is 14.6 Å². The van der Waals surface area contributed by atoms with Crippen molar-refractivity contribution in [2.75, 3.05) is 20.3 Å².